The van der Waals surface area contributed by atoms with E-state index in [1.165, 1.54) is 16.8 Å². The highest BCUT2D eigenvalue weighted by Crippen LogP contribution is 2.17. The molecule has 2 rings (SSSR count). The summed E-state index contributed by atoms with van der Waals surface area (Å²) in [5.41, 5.74) is 6.92. The molecule has 0 aliphatic rings. The van der Waals surface area contributed by atoms with Crippen LogP contribution in [0.5, 0.6) is 0 Å². The van der Waals surface area contributed by atoms with Crippen LogP contribution in [0, 0.1) is 12.7 Å². The number of anilines is 2. The molecule has 1 amide bonds. The Bertz CT molecular complexity index is 606. The molecule has 0 aliphatic heterocycles. The van der Waals surface area contributed by atoms with E-state index in [2.05, 4.69) is 10.4 Å². The number of aryl methyl sites for hydroxylation is 2. The van der Waals surface area contributed by atoms with E-state index in [1.807, 2.05) is 0 Å². The van der Waals surface area contributed by atoms with E-state index >= 15 is 0 Å². The molecule has 6 heteroatoms. The highest BCUT2D eigenvalue weighted by molar-refractivity contribution is 6.03. The number of hydrogen-bond acceptors (Lipinski definition) is 3. The van der Waals surface area contributed by atoms with Crippen molar-refractivity contribution in [1.29, 1.82) is 0 Å². The molecule has 0 bridgehead atoms. The molecule has 2 aromatic rings. The molecule has 1 aromatic heterocycles. The fourth-order valence-electron chi connectivity index (χ4n) is 1.64. The summed E-state index contributed by atoms with van der Waals surface area (Å²) in [6.45, 7) is 1.78. The highest BCUT2D eigenvalue weighted by Gasteiger charge is 2.13. The number of hydrogen-bond donors (Lipinski definition) is 2. The molecular formula is C12H13FN4O. The Morgan fingerprint density at radius 1 is 1.44 bits per heavy atom. The highest BCUT2D eigenvalue weighted by atomic mass is 19.1. The molecule has 1 heterocycles. The summed E-state index contributed by atoms with van der Waals surface area (Å²) in [6.07, 6.45) is 0. The molecule has 0 aliphatic carbocycles. The molecule has 1 aromatic carbocycles. The smallest absolute Gasteiger partial charge is 0.274 e. The lowest BCUT2D eigenvalue weighted by atomic mass is 10.2. The Labute approximate surface area is 103 Å². The third kappa shape index (κ3) is 2.32. The Kier molecular flexibility index (Phi) is 3.01. The first-order valence-corrected chi connectivity index (χ1v) is 5.34. The van der Waals surface area contributed by atoms with Gasteiger partial charge in [-0.25, -0.2) is 4.39 Å². The quantitative estimate of drug-likeness (QED) is 0.794. The number of nitrogen functional groups attached to an aromatic ring is 1. The van der Waals surface area contributed by atoms with Crippen molar-refractivity contribution < 1.29 is 9.18 Å². The van der Waals surface area contributed by atoms with Gasteiger partial charge in [0.1, 0.15) is 11.5 Å². The number of rotatable bonds is 2. The average molecular weight is 248 g/mol. The third-order valence-electron chi connectivity index (χ3n) is 2.48. The summed E-state index contributed by atoms with van der Waals surface area (Å²) in [7, 11) is 1.65. The Balaban J connectivity index is 2.24. The summed E-state index contributed by atoms with van der Waals surface area (Å²) >= 11 is 0. The molecule has 5 nitrogen and oxygen atoms in total. The van der Waals surface area contributed by atoms with Crippen LogP contribution in [0.2, 0.25) is 0 Å². The van der Waals surface area contributed by atoms with Gasteiger partial charge < -0.3 is 11.1 Å². The first kappa shape index (κ1) is 12.1. The summed E-state index contributed by atoms with van der Waals surface area (Å²) < 4.78 is 15.0. The monoisotopic (exact) mass is 248 g/mol. The van der Waals surface area contributed by atoms with E-state index in [-0.39, 0.29) is 5.69 Å². The standard InChI is InChI=1S/C12H13FN4O/c1-7-5-11(17(2)16-7)12(18)15-10-4-3-8(14)6-9(10)13/h3-6H,14H2,1-2H3,(H,15,18). The van der Waals surface area contributed by atoms with Gasteiger partial charge in [-0.2, -0.15) is 5.10 Å². The van der Waals surface area contributed by atoms with Crippen molar-refractivity contribution in [1.82, 2.24) is 9.78 Å². The van der Waals surface area contributed by atoms with Crippen LogP contribution in [0.25, 0.3) is 0 Å². The zero-order valence-electron chi connectivity index (χ0n) is 10.1. The fraction of sp³-hybridized carbons (Fsp3) is 0.167. The van der Waals surface area contributed by atoms with E-state index in [4.69, 9.17) is 5.73 Å². The van der Waals surface area contributed by atoms with Crippen LogP contribution in [0.4, 0.5) is 15.8 Å². The molecule has 94 valence electrons. The largest absolute Gasteiger partial charge is 0.399 e. The van der Waals surface area contributed by atoms with Crippen molar-refractivity contribution in [3.63, 3.8) is 0 Å². The lowest BCUT2D eigenvalue weighted by Gasteiger charge is -2.06. The zero-order valence-corrected chi connectivity index (χ0v) is 10.1. The van der Waals surface area contributed by atoms with Crippen LogP contribution in [-0.2, 0) is 7.05 Å². The minimum Gasteiger partial charge on any atom is -0.399 e. The average Bonchev–Trinajstić information content (AvgIpc) is 2.62. The summed E-state index contributed by atoms with van der Waals surface area (Å²) in [4.78, 5) is 11.9. The van der Waals surface area contributed by atoms with E-state index in [1.54, 1.807) is 20.0 Å². The topological polar surface area (TPSA) is 72.9 Å². The van der Waals surface area contributed by atoms with Crippen molar-refractivity contribution in [3.8, 4) is 0 Å². The normalized spacial score (nSPS) is 10.4. The second-order valence-electron chi connectivity index (χ2n) is 3.99. The van der Waals surface area contributed by atoms with Crippen molar-refractivity contribution in [2.45, 2.75) is 6.92 Å². The predicted octanol–water partition coefficient (Wildman–Crippen LogP) is 1.70. The first-order chi connectivity index (χ1) is 8.47. The third-order valence-corrected chi connectivity index (χ3v) is 2.48. The van der Waals surface area contributed by atoms with Crippen LogP contribution in [0.3, 0.4) is 0 Å². The van der Waals surface area contributed by atoms with Crippen LogP contribution in [0.1, 0.15) is 16.2 Å². The van der Waals surface area contributed by atoms with Crippen molar-refractivity contribution in [3.05, 3.63) is 41.5 Å². The molecule has 0 saturated carbocycles. The molecule has 0 spiro atoms. The maximum Gasteiger partial charge on any atom is 0.274 e. The van der Waals surface area contributed by atoms with Gasteiger partial charge in [-0.1, -0.05) is 0 Å². The van der Waals surface area contributed by atoms with E-state index in [0.29, 0.717) is 11.4 Å². The maximum absolute atomic E-state index is 13.5. The molecule has 0 atom stereocenters. The molecule has 0 unspecified atom stereocenters. The van der Waals surface area contributed by atoms with Gasteiger partial charge >= 0.3 is 0 Å². The summed E-state index contributed by atoms with van der Waals surface area (Å²) in [5.74, 6) is -0.982. The van der Waals surface area contributed by atoms with Gasteiger partial charge in [0.25, 0.3) is 5.91 Å². The lowest BCUT2D eigenvalue weighted by Crippen LogP contribution is -2.16. The number of nitrogens with one attached hydrogen (secondary N) is 1. The maximum atomic E-state index is 13.5. The number of benzene rings is 1. The fourth-order valence-corrected chi connectivity index (χ4v) is 1.64. The summed E-state index contributed by atoms with van der Waals surface area (Å²) in [6, 6.07) is 5.73. The van der Waals surface area contributed by atoms with Crippen LogP contribution >= 0.6 is 0 Å². The Morgan fingerprint density at radius 3 is 2.72 bits per heavy atom. The molecule has 0 saturated heterocycles. The number of nitrogens with two attached hydrogens (primary N) is 1. The van der Waals surface area contributed by atoms with Gasteiger partial charge in [-0.3, -0.25) is 9.48 Å². The number of halogens is 1. The van der Waals surface area contributed by atoms with Gasteiger partial charge in [0.05, 0.1) is 11.4 Å². The van der Waals surface area contributed by atoms with Crippen LogP contribution in [0.15, 0.2) is 24.3 Å². The van der Waals surface area contributed by atoms with Gasteiger partial charge in [-0.15, -0.1) is 0 Å². The van der Waals surface area contributed by atoms with Gasteiger partial charge in [0.2, 0.25) is 0 Å². The second kappa shape index (κ2) is 4.48. The SMILES string of the molecule is Cc1cc(C(=O)Nc2ccc(N)cc2F)n(C)n1. The molecule has 18 heavy (non-hydrogen) atoms. The van der Waals surface area contributed by atoms with Gasteiger partial charge in [0, 0.05) is 12.7 Å². The number of amides is 1. The Morgan fingerprint density at radius 2 is 2.17 bits per heavy atom. The minimum absolute atomic E-state index is 0.0908. The molecule has 3 N–H and O–H groups in total. The van der Waals surface area contributed by atoms with E-state index < -0.39 is 11.7 Å². The molecule has 0 fully saturated rings. The second-order valence-corrected chi connectivity index (χ2v) is 3.99. The number of carbonyl (C=O) groups excluding carboxylic acids is 1. The minimum atomic E-state index is -0.567. The van der Waals surface area contributed by atoms with Crippen molar-refractivity contribution in [2.75, 3.05) is 11.1 Å². The lowest BCUT2D eigenvalue weighted by molar-refractivity contribution is 0.101. The van der Waals surface area contributed by atoms with Crippen molar-refractivity contribution in [2.24, 2.45) is 7.05 Å². The first-order valence-electron chi connectivity index (χ1n) is 5.34. The van der Waals surface area contributed by atoms with Crippen LogP contribution in [-0.4, -0.2) is 15.7 Å². The molecule has 0 radical (unpaired) electrons. The number of aromatic nitrogens is 2. The van der Waals surface area contributed by atoms with Crippen LogP contribution < -0.4 is 11.1 Å². The van der Waals surface area contributed by atoms with Gasteiger partial charge in [0.15, 0.2) is 0 Å². The van der Waals surface area contributed by atoms with Crippen molar-refractivity contribution >= 4 is 17.3 Å². The summed E-state index contributed by atoms with van der Waals surface area (Å²) in [5, 5.41) is 6.53. The molecular weight excluding hydrogens is 235 g/mol. The number of carbonyl (C=O) groups is 1. The number of nitrogens with zero attached hydrogens (tertiary/aromatic N) is 2. The van der Waals surface area contributed by atoms with E-state index in [0.717, 1.165) is 11.8 Å². The zero-order chi connectivity index (χ0) is 13.3. The Hall–Kier alpha value is -2.37. The predicted molar refractivity (Wildman–Crippen MR) is 66.7 cm³/mol. The van der Waals surface area contributed by atoms with Gasteiger partial charge in [-0.05, 0) is 31.2 Å². The van der Waals surface area contributed by atoms with E-state index in [9.17, 15) is 9.18 Å².